The van der Waals surface area contributed by atoms with Crippen LogP contribution in [0, 0.1) is 6.92 Å². The van der Waals surface area contributed by atoms with Crippen molar-refractivity contribution < 1.29 is 23.9 Å². The van der Waals surface area contributed by atoms with E-state index in [1.807, 2.05) is 50.2 Å². The predicted molar refractivity (Wildman–Crippen MR) is 145 cm³/mol. The van der Waals surface area contributed by atoms with Gasteiger partial charge in [-0.1, -0.05) is 67.1 Å². The lowest BCUT2D eigenvalue weighted by Gasteiger charge is -2.30. The number of amides is 4. The summed E-state index contributed by atoms with van der Waals surface area (Å²) in [6.45, 7) is 4.55. The third kappa shape index (κ3) is 5.98. The fourth-order valence-electron chi connectivity index (χ4n) is 4.42. The van der Waals surface area contributed by atoms with Crippen molar-refractivity contribution in [2.75, 3.05) is 25.6 Å². The number of imide groups is 1. The molecule has 0 spiro atoms. The quantitative estimate of drug-likeness (QED) is 0.279. The van der Waals surface area contributed by atoms with Crippen LogP contribution >= 0.6 is 11.6 Å². The second-order valence-electron chi connectivity index (χ2n) is 9.12. The Balaban J connectivity index is 1.62. The molecular weight excluding hydrogens is 506 g/mol. The van der Waals surface area contributed by atoms with Gasteiger partial charge in [0.1, 0.15) is 24.4 Å². The first-order chi connectivity index (χ1) is 18.3. The molecule has 4 rings (SSSR count). The van der Waals surface area contributed by atoms with E-state index < -0.39 is 35.8 Å². The Labute approximate surface area is 226 Å². The molecule has 0 unspecified atom stereocenters. The van der Waals surface area contributed by atoms with Crippen molar-refractivity contribution in [2.45, 2.75) is 31.8 Å². The number of carbonyl (C=O) groups excluding carboxylic acids is 3. The molecule has 3 aromatic rings. The number of urea groups is 1. The average Bonchev–Trinajstić information content (AvgIpc) is 3.20. The van der Waals surface area contributed by atoms with E-state index in [-0.39, 0.29) is 0 Å². The van der Waals surface area contributed by atoms with Crippen molar-refractivity contribution in [2.24, 2.45) is 0 Å². The molecule has 0 radical (unpaired) electrons. The maximum atomic E-state index is 13.7. The number of methoxy groups -OCH3 is 1. The van der Waals surface area contributed by atoms with Crippen LogP contribution in [-0.4, -0.2) is 49.1 Å². The monoisotopic (exact) mass is 535 g/mol. The topological polar surface area (TPSA) is 97.0 Å². The maximum absolute atomic E-state index is 13.7. The molecule has 198 valence electrons. The molecule has 38 heavy (non-hydrogen) atoms. The minimum atomic E-state index is -1.12. The Hall–Kier alpha value is -3.88. The lowest BCUT2D eigenvalue weighted by atomic mass is 9.91. The van der Waals surface area contributed by atoms with Crippen LogP contribution in [0.5, 0.6) is 5.75 Å². The van der Waals surface area contributed by atoms with E-state index >= 15 is 0 Å². The number of halogens is 1. The van der Waals surface area contributed by atoms with Crippen LogP contribution < -0.4 is 15.4 Å². The minimum Gasteiger partial charge on any atom is -0.491 e. The van der Waals surface area contributed by atoms with Crippen molar-refractivity contribution in [3.05, 3.63) is 94.5 Å². The van der Waals surface area contributed by atoms with Gasteiger partial charge in [0.15, 0.2) is 0 Å². The number of aryl methyl sites for hydroxylation is 1. The van der Waals surface area contributed by atoms with Gasteiger partial charge in [-0.05, 0) is 47.9 Å². The number of nitrogens with one attached hydrogen (secondary N) is 2. The van der Waals surface area contributed by atoms with E-state index in [0.29, 0.717) is 35.2 Å². The molecular formula is C29H30ClN3O5. The van der Waals surface area contributed by atoms with Gasteiger partial charge in [0.05, 0.1) is 17.3 Å². The highest BCUT2D eigenvalue weighted by Crippen LogP contribution is 2.32. The number of nitrogens with zero attached hydrogens (tertiary/aromatic N) is 1. The van der Waals surface area contributed by atoms with Gasteiger partial charge in [-0.2, -0.15) is 0 Å². The van der Waals surface area contributed by atoms with Gasteiger partial charge in [0.2, 0.25) is 5.91 Å². The second kappa shape index (κ2) is 12.1. The molecule has 3 aromatic carbocycles. The number of benzene rings is 3. The lowest BCUT2D eigenvalue weighted by Crippen LogP contribution is -2.50. The van der Waals surface area contributed by atoms with E-state index in [0.717, 1.165) is 16.0 Å². The van der Waals surface area contributed by atoms with Crippen LogP contribution in [0.3, 0.4) is 0 Å². The molecule has 0 bridgehead atoms. The summed E-state index contributed by atoms with van der Waals surface area (Å²) < 4.78 is 10.6. The van der Waals surface area contributed by atoms with Gasteiger partial charge >= 0.3 is 6.03 Å². The lowest BCUT2D eigenvalue weighted by molar-refractivity contribution is -0.134. The van der Waals surface area contributed by atoms with Gasteiger partial charge in [0.25, 0.3) is 5.91 Å². The summed E-state index contributed by atoms with van der Waals surface area (Å²) in [6.07, 6.45) is 0. The molecule has 0 aliphatic carbocycles. The number of ether oxygens (including phenoxy) is 2. The van der Waals surface area contributed by atoms with E-state index in [1.54, 1.807) is 43.5 Å². The van der Waals surface area contributed by atoms with Gasteiger partial charge in [-0.3, -0.25) is 9.59 Å². The van der Waals surface area contributed by atoms with Crippen LogP contribution in [0.25, 0.3) is 0 Å². The Morgan fingerprint density at radius 3 is 2.42 bits per heavy atom. The summed E-state index contributed by atoms with van der Waals surface area (Å²) in [6, 6.07) is 18.7. The van der Waals surface area contributed by atoms with Crippen LogP contribution in [0.1, 0.15) is 35.6 Å². The summed E-state index contributed by atoms with van der Waals surface area (Å²) in [5.74, 6) is -0.908. The van der Waals surface area contributed by atoms with E-state index in [2.05, 4.69) is 10.6 Å². The molecule has 3 atom stereocenters. The van der Waals surface area contributed by atoms with Crippen molar-refractivity contribution in [1.29, 1.82) is 0 Å². The van der Waals surface area contributed by atoms with Crippen LogP contribution in [0.4, 0.5) is 10.5 Å². The number of anilines is 1. The smallest absolute Gasteiger partial charge is 0.325 e. The fraction of sp³-hybridized carbons (Fsp3) is 0.276. The number of hydrogen-bond acceptors (Lipinski definition) is 5. The largest absolute Gasteiger partial charge is 0.491 e. The summed E-state index contributed by atoms with van der Waals surface area (Å²) in [4.78, 5) is 41.6. The molecule has 9 heteroatoms. The zero-order valence-corrected chi connectivity index (χ0v) is 22.2. The van der Waals surface area contributed by atoms with Gasteiger partial charge in [-0.15, -0.1) is 0 Å². The zero-order chi connectivity index (χ0) is 27.2. The predicted octanol–water partition coefficient (Wildman–Crippen LogP) is 5.08. The van der Waals surface area contributed by atoms with Crippen molar-refractivity contribution >= 4 is 35.1 Å². The van der Waals surface area contributed by atoms with Crippen LogP contribution in [0.2, 0.25) is 5.02 Å². The first kappa shape index (κ1) is 27.2. The Kier molecular flexibility index (Phi) is 8.66. The standard InChI is InChI=1S/C29H30ClN3O5/c1-18-9-14-24(23(30)17-18)31-27(34)26(19(2)20-7-5-4-6-8-20)33-28(35)25(32-29(33)36)21-10-12-22(13-11-21)38-16-15-37-3/h4-14,17,19,25-26H,15-16H2,1-3H3,(H,31,34)(H,32,36)/t19-,25+,26-/m0/s1. The van der Waals surface area contributed by atoms with Gasteiger partial charge in [0, 0.05) is 13.0 Å². The molecule has 1 heterocycles. The third-order valence-electron chi connectivity index (χ3n) is 6.47. The maximum Gasteiger partial charge on any atom is 0.325 e. The normalized spacial score (nSPS) is 16.6. The van der Waals surface area contributed by atoms with E-state index in [1.165, 1.54) is 0 Å². The summed E-state index contributed by atoms with van der Waals surface area (Å²) >= 11 is 6.36. The molecule has 8 nitrogen and oxygen atoms in total. The number of hydrogen-bond donors (Lipinski definition) is 2. The van der Waals surface area contributed by atoms with Crippen molar-refractivity contribution in [3.8, 4) is 5.75 Å². The molecule has 1 fully saturated rings. The summed E-state index contributed by atoms with van der Waals surface area (Å²) in [5.41, 5.74) is 2.73. The first-order valence-corrected chi connectivity index (χ1v) is 12.6. The highest BCUT2D eigenvalue weighted by molar-refractivity contribution is 6.33. The van der Waals surface area contributed by atoms with Gasteiger partial charge in [-0.25, -0.2) is 9.69 Å². The number of carbonyl (C=O) groups is 3. The molecule has 0 saturated carbocycles. The first-order valence-electron chi connectivity index (χ1n) is 12.3. The average molecular weight is 536 g/mol. The third-order valence-corrected chi connectivity index (χ3v) is 6.78. The van der Waals surface area contributed by atoms with Crippen LogP contribution in [-0.2, 0) is 14.3 Å². The molecule has 1 aliphatic heterocycles. The Morgan fingerprint density at radius 1 is 1.05 bits per heavy atom. The Bertz CT molecular complexity index is 1300. The SMILES string of the molecule is COCCOc1ccc([C@H]2NC(=O)N([C@H](C(=O)Nc3ccc(C)cc3Cl)[C@@H](C)c3ccccc3)C2=O)cc1. The molecule has 1 aliphatic rings. The molecule has 4 amide bonds. The highest BCUT2D eigenvalue weighted by Gasteiger charge is 2.47. The molecule has 0 aromatic heterocycles. The fourth-order valence-corrected chi connectivity index (χ4v) is 4.70. The molecule has 2 N–H and O–H groups in total. The zero-order valence-electron chi connectivity index (χ0n) is 21.4. The minimum absolute atomic E-state index is 0.368. The van der Waals surface area contributed by atoms with Crippen LogP contribution in [0.15, 0.2) is 72.8 Å². The Morgan fingerprint density at radius 2 is 1.76 bits per heavy atom. The van der Waals surface area contributed by atoms with Gasteiger partial charge < -0.3 is 20.1 Å². The second-order valence-corrected chi connectivity index (χ2v) is 9.52. The molecule has 1 saturated heterocycles. The van der Waals surface area contributed by atoms with E-state index in [9.17, 15) is 14.4 Å². The summed E-state index contributed by atoms with van der Waals surface area (Å²) in [7, 11) is 1.59. The highest BCUT2D eigenvalue weighted by atomic mass is 35.5. The van der Waals surface area contributed by atoms with Crippen molar-refractivity contribution in [1.82, 2.24) is 10.2 Å². The van der Waals surface area contributed by atoms with E-state index in [4.69, 9.17) is 21.1 Å². The summed E-state index contributed by atoms with van der Waals surface area (Å²) in [5, 5.41) is 5.93. The van der Waals surface area contributed by atoms with Crippen molar-refractivity contribution in [3.63, 3.8) is 0 Å². The number of rotatable bonds is 10.